The highest BCUT2D eigenvalue weighted by atomic mass is 32.2. The summed E-state index contributed by atoms with van der Waals surface area (Å²) in [6, 6.07) is 16.3. The number of aryl methyl sites for hydroxylation is 1. The van der Waals surface area contributed by atoms with Crippen molar-refractivity contribution in [3.8, 4) is 0 Å². The van der Waals surface area contributed by atoms with Crippen LogP contribution in [0.3, 0.4) is 0 Å². The van der Waals surface area contributed by atoms with Crippen LogP contribution in [0.4, 0.5) is 4.79 Å². The number of nitrogens with one attached hydrogen (secondary N) is 1. The number of carbonyl (C=O) groups excluding carboxylic acids is 2. The molecule has 1 saturated heterocycles. The van der Waals surface area contributed by atoms with E-state index < -0.39 is 6.03 Å². The third-order valence-corrected chi connectivity index (χ3v) is 6.02. The van der Waals surface area contributed by atoms with Gasteiger partial charge in [-0.05, 0) is 41.5 Å². The van der Waals surface area contributed by atoms with Crippen LogP contribution in [0.15, 0.2) is 64.3 Å². The van der Waals surface area contributed by atoms with E-state index in [-0.39, 0.29) is 30.5 Å². The number of fused-ring (bicyclic) bond motifs is 1. The van der Waals surface area contributed by atoms with Crippen molar-refractivity contribution < 1.29 is 9.59 Å². The molecule has 3 amide bonds. The van der Waals surface area contributed by atoms with Gasteiger partial charge in [-0.25, -0.2) is 4.79 Å². The van der Waals surface area contributed by atoms with Crippen LogP contribution in [0.1, 0.15) is 23.6 Å². The molecule has 1 fully saturated rings. The number of para-hydroxylation sites is 1. The maximum atomic E-state index is 12.7. The number of amides is 3. The summed E-state index contributed by atoms with van der Waals surface area (Å²) in [6.45, 7) is -0.0414. The molecule has 7 heteroatoms. The van der Waals surface area contributed by atoms with Gasteiger partial charge in [0, 0.05) is 17.5 Å². The molecule has 29 heavy (non-hydrogen) atoms. The highest BCUT2D eigenvalue weighted by Gasteiger charge is 2.33. The van der Waals surface area contributed by atoms with E-state index in [4.69, 9.17) is 0 Å². The Bertz CT molecular complexity index is 1140. The molecule has 1 aliphatic heterocycles. The summed E-state index contributed by atoms with van der Waals surface area (Å²) in [5, 5.41) is 3.78. The van der Waals surface area contributed by atoms with Crippen LogP contribution in [0, 0.1) is 0 Å². The topological polar surface area (TPSA) is 71.4 Å². The first-order valence-electron chi connectivity index (χ1n) is 9.30. The van der Waals surface area contributed by atoms with Gasteiger partial charge in [-0.3, -0.25) is 14.5 Å². The second kappa shape index (κ2) is 7.75. The van der Waals surface area contributed by atoms with Crippen molar-refractivity contribution in [2.45, 2.75) is 23.9 Å². The van der Waals surface area contributed by atoms with E-state index in [1.165, 1.54) is 0 Å². The van der Waals surface area contributed by atoms with Gasteiger partial charge in [0.2, 0.25) is 5.91 Å². The Hall–Kier alpha value is -3.06. The molecule has 148 valence electrons. The van der Waals surface area contributed by atoms with Crippen molar-refractivity contribution in [3.63, 3.8) is 0 Å². The third-order valence-electron chi connectivity index (χ3n) is 5.28. The van der Waals surface area contributed by atoms with Gasteiger partial charge in [0.1, 0.15) is 0 Å². The Morgan fingerprint density at radius 1 is 1.07 bits per heavy atom. The molecule has 2 aromatic carbocycles. The van der Waals surface area contributed by atoms with Gasteiger partial charge in [0.25, 0.3) is 5.56 Å². The number of thioether (sulfide) groups is 1. The van der Waals surface area contributed by atoms with Crippen LogP contribution in [0.2, 0.25) is 0 Å². The minimum atomic E-state index is -0.476. The number of imide groups is 1. The molecule has 0 radical (unpaired) electrons. The van der Waals surface area contributed by atoms with Gasteiger partial charge in [-0.1, -0.05) is 30.3 Å². The lowest BCUT2D eigenvalue weighted by Crippen LogP contribution is -2.51. The second-order valence-electron chi connectivity index (χ2n) is 7.05. The summed E-state index contributed by atoms with van der Waals surface area (Å²) in [4.78, 5) is 40.3. The van der Waals surface area contributed by atoms with Crippen molar-refractivity contribution >= 4 is 34.6 Å². The quantitative estimate of drug-likeness (QED) is 0.673. The van der Waals surface area contributed by atoms with E-state index in [1.807, 2.05) is 54.8 Å². The fourth-order valence-corrected chi connectivity index (χ4v) is 4.05. The minimum absolute atomic E-state index is 0.0414. The van der Waals surface area contributed by atoms with E-state index in [0.717, 1.165) is 26.3 Å². The molecule has 0 spiro atoms. The third kappa shape index (κ3) is 3.65. The van der Waals surface area contributed by atoms with Crippen molar-refractivity contribution in [3.05, 3.63) is 76.1 Å². The van der Waals surface area contributed by atoms with Crippen LogP contribution in [-0.4, -0.2) is 27.7 Å². The van der Waals surface area contributed by atoms with Gasteiger partial charge in [0.05, 0.1) is 24.5 Å². The molecule has 1 N–H and O–H groups in total. The fraction of sp³-hybridized carbons (Fsp3) is 0.227. The summed E-state index contributed by atoms with van der Waals surface area (Å²) in [7, 11) is 1.69. The molecule has 1 aromatic heterocycles. The molecular formula is C22H21N3O3S. The smallest absolute Gasteiger partial charge is 0.324 e. The average Bonchev–Trinajstić information content (AvgIpc) is 2.74. The Kier molecular flexibility index (Phi) is 5.15. The normalized spacial score (nSPS) is 16.9. The van der Waals surface area contributed by atoms with Crippen LogP contribution < -0.4 is 10.9 Å². The summed E-state index contributed by atoms with van der Waals surface area (Å²) in [5.41, 5.74) is 1.91. The number of nitrogens with zero attached hydrogens (tertiary/aromatic N) is 2. The van der Waals surface area contributed by atoms with E-state index in [9.17, 15) is 14.4 Å². The zero-order valence-corrected chi connectivity index (χ0v) is 17.0. The van der Waals surface area contributed by atoms with Crippen molar-refractivity contribution in [1.29, 1.82) is 0 Å². The largest absolute Gasteiger partial charge is 0.330 e. The minimum Gasteiger partial charge on any atom is -0.330 e. The lowest BCUT2D eigenvalue weighted by Gasteiger charge is -2.31. The summed E-state index contributed by atoms with van der Waals surface area (Å²) in [5.74, 6) is -0.289. The molecule has 3 aromatic rings. The number of carbonyl (C=O) groups is 2. The Morgan fingerprint density at radius 3 is 2.48 bits per heavy atom. The van der Waals surface area contributed by atoms with E-state index in [2.05, 4.69) is 5.32 Å². The Labute approximate surface area is 172 Å². The SMILES string of the molecule is CSc1ccc(C2CC(=O)N(Cc3cc4ccccc4n(C)c3=O)C(=O)N2)cc1. The van der Waals surface area contributed by atoms with Crippen LogP contribution >= 0.6 is 11.8 Å². The van der Waals surface area contributed by atoms with Crippen LogP contribution in [-0.2, 0) is 18.4 Å². The second-order valence-corrected chi connectivity index (χ2v) is 7.93. The number of pyridine rings is 1. The highest BCUT2D eigenvalue weighted by Crippen LogP contribution is 2.25. The highest BCUT2D eigenvalue weighted by molar-refractivity contribution is 7.98. The number of aromatic nitrogens is 1. The number of hydrogen-bond donors (Lipinski definition) is 1. The summed E-state index contributed by atoms with van der Waals surface area (Å²) < 4.78 is 1.55. The molecule has 1 unspecified atom stereocenters. The number of benzene rings is 2. The first-order chi connectivity index (χ1) is 14.0. The van der Waals surface area contributed by atoms with Crippen LogP contribution in [0.5, 0.6) is 0 Å². The van der Waals surface area contributed by atoms with Crippen molar-refractivity contribution in [2.75, 3.05) is 6.26 Å². The molecular weight excluding hydrogens is 386 g/mol. The van der Waals surface area contributed by atoms with Gasteiger partial charge in [-0.15, -0.1) is 11.8 Å². The molecule has 1 aliphatic rings. The fourth-order valence-electron chi connectivity index (χ4n) is 3.65. The predicted molar refractivity (Wildman–Crippen MR) is 114 cm³/mol. The molecule has 0 bridgehead atoms. The molecule has 1 atom stereocenters. The molecule has 0 aliphatic carbocycles. The van der Waals surface area contributed by atoms with Crippen molar-refractivity contribution in [1.82, 2.24) is 14.8 Å². The van der Waals surface area contributed by atoms with E-state index in [1.54, 1.807) is 29.4 Å². The first-order valence-corrected chi connectivity index (χ1v) is 10.5. The maximum absolute atomic E-state index is 12.7. The zero-order chi connectivity index (χ0) is 20.5. The average molecular weight is 407 g/mol. The molecule has 2 heterocycles. The first kappa shape index (κ1) is 19.3. The van der Waals surface area contributed by atoms with Gasteiger partial charge >= 0.3 is 6.03 Å². The van der Waals surface area contributed by atoms with Crippen molar-refractivity contribution in [2.24, 2.45) is 7.05 Å². The number of urea groups is 1. The number of rotatable bonds is 4. The van der Waals surface area contributed by atoms with Gasteiger partial charge in [0.15, 0.2) is 0 Å². The van der Waals surface area contributed by atoms with E-state index in [0.29, 0.717) is 5.56 Å². The monoisotopic (exact) mass is 407 g/mol. The van der Waals surface area contributed by atoms with Gasteiger partial charge in [-0.2, -0.15) is 0 Å². The maximum Gasteiger partial charge on any atom is 0.324 e. The lowest BCUT2D eigenvalue weighted by molar-refractivity contribution is -0.130. The van der Waals surface area contributed by atoms with E-state index >= 15 is 0 Å². The lowest BCUT2D eigenvalue weighted by atomic mass is 10.0. The van der Waals surface area contributed by atoms with Crippen LogP contribution in [0.25, 0.3) is 10.9 Å². The standard InChI is InChI=1S/C22H21N3O3S/c1-24-19-6-4-3-5-15(19)11-16(21(24)27)13-25-20(26)12-18(23-22(25)28)14-7-9-17(29-2)10-8-14/h3-11,18H,12-13H2,1-2H3,(H,23,28). The number of hydrogen-bond acceptors (Lipinski definition) is 4. The van der Waals surface area contributed by atoms with Gasteiger partial charge < -0.3 is 9.88 Å². The zero-order valence-electron chi connectivity index (χ0n) is 16.2. The predicted octanol–water partition coefficient (Wildman–Crippen LogP) is 3.44. The molecule has 4 rings (SSSR count). The Balaban J connectivity index is 1.57. The Morgan fingerprint density at radius 2 is 1.79 bits per heavy atom. The summed E-state index contributed by atoms with van der Waals surface area (Å²) in [6.07, 6.45) is 2.16. The molecule has 0 saturated carbocycles. The summed E-state index contributed by atoms with van der Waals surface area (Å²) >= 11 is 1.64. The molecule has 6 nitrogen and oxygen atoms in total.